The molecule has 0 saturated heterocycles. The van der Waals surface area contributed by atoms with Crippen LogP contribution in [0.1, 0.15) is 51.5 Å². The van der Waals surface area contributed by atoms with Gasteiger partial charge in [-0.1, -0.05) is 32.1 Å². The second-order valence-electron chi connectivity index (χ2n) is 6.57. The lowest BCUT2D eigenvalue weighted by molar-refractivity contribution is -0.136. The van der Waals surface area contributed by atoms with E-state index in [0.29, 0.717) is 13.2 Å². The molecule has 2 rings (SSSR count). The van der Waals surface area contributed by atoms with Crippen LogP contribution in [0.4, 0.5) is 0 Å². The first-order valence-electron chi connectivity index (χ1n) is 9.43. The lowest BCUT2D eigenvalue weighted by Crippen LogP contribution is -2.36. The average Bonchev–Trinajstić information content (AvgIpc) is 2.66. The predicted molar refractivity (Wildman–Crippen MR) is 101 cm³/mol. The molecular formula is C21H31NO3. The maximum absolute atomic E-state index is 12.9. The third-order valence-corrected chi connectivity index (χ3v) is 4.49. The van der Waals surface area contributed by atoms with Crippen LogP contribution < -0.4 is 9.47 Å². The molecular weight excluding hydrogens is 314 g/mol. The van der Waals surface area contributed by atoms with E-state index in [9.17, 15) is 4.79 Å². The molecule has 4 heteroatoms. The van der Waals surface area contributed by atoms with Crippen LogP contribution in [0.25, 0.3) is 0 Å². The zero-order valence-corrected chi connectivity index (χ0v) is 15.8. The average molecular weight is 345 g/mol. The Balaban J connectivity index is 2.10. The summed E-state index contributed by atoms with van der Waals surface area (Å²) in [5.74, 6) is 1.90. The quantitative estimate of drug-likeness (QED) is 0.615. The van der Waals surface area contributed by atoms with E-state index in [1.54, 1.807) is 7.11 Å². The van der Waals surface area contributed by atoms with Crippen molar-refractivity contribution >= 4 is 5.91 Å². The SMILES string of the molecule is CCCOc1ccc(CN(CCC)C(=O)C2CC=CCC2)cc1OC. The van der Waals surface area contributed by atoms with Crippen LogP contribution in [-0.2, 0) is 11.3 Å². The number of nitrogens with zero attached hydrogens (tertiary/aromatic N) is 1. The minimum Gasteiger partial charge on any atom is -0.493 e. The smallest absolute Gasteiger partial charge is 0.226 e. The van der Waals surface area contributed by atoms with Crippen molar-refractivity contribution in [2.24, 2.45) is 5.92 Å². The van der Waals surface area contributed by atoms with Gasteiger partial charge in [-0.15, -0.1) is 0 Å². The number of hydrogen-bond donors (Lipinski definition) is 0. The molecule has 0 aliphatic heterocycles. The van der Waals surface area contributed by atoms with Crippen molar-refractivity contribution in [3.63, 3.8) is 0 Å². The first-order chi connectivity index (χ1) is 12.2. The van der Waals surface area contributed by atoms with E-state index in [0.717, 1.165) is 55.7 Å². The Morgan fingerprint density at radius 3 is 2.68 bits per heavy atom. The van der Waals surface area contributed by atoms with Crippen LogP contribution in [0.2, 0.25) is 0 Å². The number of hydrogen-bond acceptors (Lipinski definition) is 3. The van der Waals surface area contributed by atoms with Gasteiger partial charge in [-0.3, -0.25) is 4.79 Å². The van der Waals surface area contributed by atoms with Crippen LogP contribution in [0.15, 0.2) is 30.4 Å². The van der Waals surface area contributed by atoms with E-state index in [-0.39, 0.29) is 11.8 Å². The second kappa shape index (κ2) is 10.1. The topological polar surface area (TPSA) is 38.8 Å². The Kier molecular flexibility index (Phi) is 7.83. The van der Waals surface area contributed by atoms with Gasteiger partial charge < -0.3 is 14.4 Å². The molecule has 0 aromatic heterocycles. The monoisotopic (exact) mass is 345 g/mol. The van der Waals surface area contributed by atoms with E-state index in [2.05, 4.69) is 26.0 Å². The van der Waals surface area contributed by atoms with Crippen molar-refractivity contribution in [2.45, 2.75) is 52.5 Å². The Hall–Kier alpha value is -1.97. The summed E-state index contributed by atoms with van der Waals surface area (Å²) in [6.07, 6.45) is 9.07. The van der Waals surface area contributed by atoms with Gasteiger partial charge in [0.15, 0.2) is 11.5 Å². The highest BCUT2D eigenvalue weighted by Crippen LogP contribution is 2.29. The van der Waals surface area contributed by atoms with Crippen LogP contribution in [0.5, 0.6) is 11.5 Å². The minimum atomic E-state index is 0.130. The summed E-state index contributed by atoms with van der Waals surface area (Å²) in [4.78, 5) is 14.9. The maximum Gasteiger partial charge on any atom is 0.226 e. The molecule has 1 aromatic carbocycles. The summed E-state index contributed by atoms with van der Waals surface area (Å²) in [7, 11) is 1.65. The molecule has 0 saturated carbocycles. The molecule has 0 spiro atoms. The maximum atomic E-state index is 12.9. The van der Waals surface area contributed by atoms with E-state index >= 15 is 0 Å². The standard InChI is InChI=1S/C21H31NO3/c1-4-13-22(21(23)18-9-7-6-8-10-18)16-17-11-12-19(25-14-5-2)20(15-17)24-3/h6-7,11-12,15,18H,4-5,8-10,13-14,16H2,1-3H3. The third-order valence-electron chi connectivity index (χ3n) is 4.49. The Morgan fingerprint density at radius 2 is 2.04 bits per heavy atom. The van der Waals surface area contributed by atoms with Crippen LogP contribution in [0.3, 0.4) is 0 Å². The number of methoxy groups -OCH3 is 1. The van der Waals surface area contributed by atoms with Crippen LogP contribution in [-0.4, -0.2) is 31.1 Å². The van der Waals surface area contributed by atoms with Crippen LogP contribution in [0, 0.1) is 5.92 Å². The summed E-state index contributed by atoms with van der Waals surface area (Å²) in [6.45, 7) is 6.27. The molecule has 1 aromatic rings. The van der Waals surface area contributed by atoms with Crippen LogP contribution >= 0.6 is 0 Å². The molecule has 0 radical (unpaired) electrons. The normalized spacial score (nSPS) is 16.5. The van der Waals surface area contributed by atoms with Crippen molar-refractivity contribution < 1.29 is 14.3 Å². The predicted octanol–water partition coefficient (Wildman–Crippen LogP) is 4.58. The highest BCUT2D eigenvalue weighted by atomic mass is 16.5. The van der Waals surface area contributed by atoms with Crippen molar-refractivity contribution in [2.75, 3.05) is 20.3 Å². The number of ether oxygens (including phenoxy) is 2. The summed E-state index contributed by atoms with van der Waals surface area (Å²) >= 11 is 0. The van der Waals surface area contributed by atoms with E-state index in [1.165, 1.54) is 0 Å². The molecule has 4 nitrogen and oxygen atoms in total. The van der Waals surface area contributed by atoms with Gasteiger partial charge in [0.1, 0.15) is 0 Å². The lowest BCUT2D eigenvalue weighted by atomic mass is 9.93. The van der Waals surface area contributed by atoms with Gasteiger partial charge in [-0.2, -0.15) is 0 Å². The summed E-state index contributed by atoms with van der Waals surface area (Å²) < 4.78 is 11.2. The van der Waals surface area contributed by atoms with E-state index in [1.807, 2.05) is 23.1 Å². The second-order valence-corrected chi connectivity index (χ2v) is 6.57. The fraction of sp³-hybridized carbons (Fsp3) is 0.571. The summed E-state index contributed by atoms with van der Waals surface area (Å²) in [6, 6.07) is 5.97. The molecule has 0 heterocycles. The molecule has 138 valence electrons. The van der Waals surface area contributed by atoms with Crippen molar-refractivity contribution in [3.8, 4) is 11.5 Å². The summed E-state index contributed by atoms with van der Waals surface area (Å²) in [5, 5.41) is 0. The van der Waals surface area contributed by atoms with Gasteiger partial charge in [-0.05, 0) is 49.8 Å². The van der Waals surface area contributed by atoms with Gasteiger partial charge in [0, 0.05) is 19.0 Å². The highest BCUT2D eigenvalue weighted by Gasteiger charge is 2.24. The number of amides is 1. The third kappa shape index (κ3) is 5.52. The number of rotatable bonds is 9. The molecule has 1 aliphatic carbocycles. The zero-order valence-electron chi connectivity index (χ0n) is 15.8. The van der Waals surface area contributed by atoms with Crippen molar-refractivity contribution in [3.05, 3.63) is 35.9 Å². The fourth-order valence-corrected chi connectivity index (χ4v) is 3.18. The van der Waals surface area contributed by atoms with Gasteiger partial charge in [-0.25, -0.2) is 0 Å². The van der Waals surface area contributed by atoms with Gasteiger partial charge >= 0.3 is 0 Å². The largest absolute Gasteiger partial charge is 0.493 e. The van der Waals surface area contributed by atoms with Gasteiger partial charge in [0.2, 0.25) is 5.91 Å². The van der Waals surface area contributed by atoms with Gasteiger partial charge in [0.05, 0.1) is 13.7 Å². The van der Waals surface area contributed by atoms with E-state index in [4.69, 9.17) is 9.47 Å². The molecule has 1 aliphatic rings. The van der Waals surface area contributed by atoms with Crippen molar-refractivity contribution in [1.82, 2.24) is 4.90 Å². The number of carbonyl (C=O) groups excluding carboxylic acids is 1. The molecule has 1 atom stereocenters. The molecule has 1 amide bonds. The number of carbonyl (C=O) groups is 1. The van der Waals surface area contributed by atoms with Crippen molar-refractivity contribution in [1.29, 1.82) is 0 Å². The van der Waals surface area contributed by atoms with E-state index < -0.39 is 0 Å². The first kappa shape index (κ1) is 19.4. The summed E-state index contributed by atoms with van der Waals surface area (Å²) in [5.41, 5.74) is 1.08. The highest BCUT2D eigenvalue weighted by molar-refractivity contribution is 5.79. The lowest BCUT2D eigenvalue weighted by Gasteiger charge is -2.28. The minimum absolute atomic E-state index is 0.130. The van der Waals surface area contributed by atoms with Gasteiger partial charge in [0.25, 0.3) is 0 Å². The molecule has 0 fully saturated rings. The molecule has 0 N–H and O–H groups in total. The molecule has 25 heavy (non-hydrogen) atoms. The Morgan fingerprint density at radius 1 is 1.20 bits per heavy atom. The fourth-order valence-electron chi connectivity index (χ4n) is 3.18. The first-order valence-corrected chi connectivity index (χ1v) is 9.43. The molecule has 0 bridgehead atoms. The Bertz CT molecular complexity index is 583. The molecule has 1 unspecified atom stereocenters. The number of allylic oxidation sites excluding steroid dienone is 2. The zero-order chi connectivity index (χ0) is 18.1. The number of benzene rings is 1. The Labute approximate surface area is 151 Å².